The van der Waals surface area contributed by atoms with Crippen LogP contribution in [0.5, 0.6) is 0 Å². The molecule has 0 aliphatic rings. The highest BCUT2D eigenvalue weighted by molar-refractivity contribution is 5.89. The van der Waals surface area contributed by atoms with Gasteiger partial charge in [-0.05, 0) is 13.3 Å². The Morgan fingerprint density at radius 1 is 1.24 bits per heavy atom. The standard InChI is InChI=1S/C11H18F3N3O4/c1-4-5-17(6-7(18)15-3)9(21)16-10(2,8(19)20)11(12,13)14/h4-6H2,1-3H3,(H,15,18)(H,16,21)(H,19,20). The third kappa shape index (κ3) is 4.80. The molecule has 21 heavy (non-hydrogen) atoms. The molecule has 0 bridgehead atoms. The number of carboxylic acid groups (broad SMARTS) is 1. The molecule has 0 fully saturated rings. The summed E-state index contributed by atoms with van der Waals surface area (Å²) < 4.78 is 38.4. The average molecular weight is 313 g/mol. The summed E-state index contributed by atoms with van der Waals surface area (Å²) in [6.07, 6.45) is -4.79. The van der Waals surface area contributed by atoms with Crippen LogP contribution in [0, 0.1) is 0 Å². The van der Waals surface area contributed by atoms with Crippen LogP contribution in [0.3, 0.4) is 0 Å². The zero-order valence-electron chi connectivity index (χ0n) is 11.9. The van der Waals surface area contributed by atoms with Gasteiger partial charge in [0.2, 0.25) is 11.4 Å². The number of carbonyl (C=O) groups excluding carboxylic acids is 2. The predicted octanol–water partition coefficient (Wildman–Crippen LogP) is 0.560. The number of nitrogens with zero attached hydrogens (tertiary/aromatic N) is 1. The maximum absolute atomic E-state index is 12.8. The van der Waals surface area contributed by atoms with Crippen LogP contribution in [0.25, 0.3) is 0 Å². The number of hydrogen-bond acceptors (Lipinski definition) is 3. The van der Waals surface area contributed by atoms with E-state index in [1.165, 1.54) is 12.4 Å². The highest BCUT2D eigenvalue weighted by Gasteiger charge is 2.58. The maximum atomic E-state index is 12.8. The predicted molar refractivity (Wildman–Crippen MR) is 66.6 cm³/mol. The number of carbonyl (C=O) groups is 3. The summed E-state index contributed by atoms with van der Waals surface area (Å²) in [4.78, 5) is 34.7. The molecule has 0 rings (SSSR count). The van der Waals surface area contributed by atoms with Crippen molar-refractivity contribution >= 4 is 17.9 Å². The molecule has 0 aliphatic carbocycles. The first-order chi connectivity index (χ1) is 9.49. The maximum Gasteiger partial charge on any atom is 0.422 e. The van der Waals surface area contributed by atoms with Crippen molar-refractivity contribution in [3.8, 4) is 0 Å². The van der Waals surface area contributed by atoms with Gasteiger partial charge in [0.15, 0.2) is 0 Å². The van der Waals surface area contributed by atoms with E-state index in [0.29, 0.717) is 13.3 Å². The fraction of sp³-hybridized carbons (Fsp3) is 0.727. The second kappa shape index (κ2) is 7.14. The van der Waals surface area contributed by atoms with Gasteiger partial charge < -0.3 is 20.6 Å². The van der Waals surface area contributed by atoms with Crippen molar-refractivity contribution in [2.24, 2.45) is 0 Å². The molecule has 122 valence electrons. The van der Waals surface area contributed by atoms with Crippen molar-refractivity contribution in [3.63, 3.8) is 0 Å². The van der Waals surface area contributed by atoms with E-state index in [1.54, 1.807) is 6.92 Å². The van der Waals surface area contributed by atoms with E-state index in [-0.39, 0.29) is 6.54 Å². The molecule has 10 heteroatoms. The van der Waals surface area contributed by atoms with Gasteiger partial charge in [0, 0.05) is 13.6 Å². The van der Waals surface area contributed by atoms with E-state index in [1.807, 2.05) is 0 Å². The van der Waals surface area contributed by atoms with Gasteiger partial charge in [-0.2, -0.15) is 13.2 Å². The Bertz CT molecular complexity index is 414. The van der Waals surface area contributed by atoms with E-state index in [0.717, 1.165) is 4.90 Å². The Balaban J connectivity index is 5.18. The second-order valence-corrected chi connectivity index (χ2v) is 4.45. The number of nitrogens with one attached hydrogen (secondary N) is 2. The van der Waals surface area contributed by atoms with E-state index >= 15 is 0 Å². The monoisotopic (exact) mass is 313 g/mol. The summed E-state index contributed by atoms with van der Waals surface area (Å²) in [7, 11) is 1.31. The molecule has 0 spiro atoms. The lowest BCUT2D eigenvalue weighted by molar-refractivity contribution is -0.203. The number of halogens is 3. The molecule has 0 aromatic rings. The van der Waals surface area contributed by atoms with Gasteiger partial charge in [-0.25, -0.2) is 9.59 Å². The van der Waals surface area contributed by atoms with Crippen LogP contribution in [-0.2, 0) is 9.59 Å². The molecule has 3 amide bonds. The largest absolute Gasteiger partial charge is 0.479 e. The highest BCUT2D eigenvalue weighted by atomic mass is 19.4. The summed E-state index contributed by atoms with van der Waals surface area (Å²) in [5, 5.41) is 12.4. The molecule has 0 heterocycles. The van der Waals surface area contributed by atoms with Crippen LogP contribution in [-0.4, -0.2) is 59.8 Å². The van der Waals surface area contributed by atoms with Crippen LogP contribution in [0.1, 0.15) is 20.3 Å². The molecule has 0 aliphatic heterocycles. The van der Waals surface area contributed by atoms with Crippen molar-refractivity contribution in [1.29, 1.82) is 0 Å². The first kappa shape index (κ1) is 19.0. The summed E-state index contributed by atoms with van der Waals surface area (Å²) in [6.45, 7) is 1.54. The van der Waals surface area contributed by atoms with Crippen LogP contribution in [0.4, 0.5) is 18.0 Å². The lowest BCUT2D eigenvalue weighted by Gasteiger charge is -2.31. The third-order valence-electron chi connectivity index (χ3n) is 2.75. The number of carboxylic acids is 1. The van der Waals surface area contributed by atoms with E-state index < -0.39 is 36.2 Å². The number of amides is 3. The minimum Gasteiger partial charge on any atom is -0.479 e. The Labute approximate surface area is 119 Å². The molecule has 0 saturated carbocycles. The SMILES string of the molecule is CCCN(CC(=O)NC)C(=O)NC(C)(C(=O)O)C(F)(F)F. The summed E-state index contributed by atoms with van der Waals surface area (Å²) in [6, 6.07) is -1.28. The van der Waals surface area contributed by atoms with Crippen LogP contribution < -0.4 is 10.6 Å². The molecule has 1 unspecified atom stereocenters. The number of urea groups is 1. The Hall–Kier alpha value is -2.00. The topological polar surface area (TPSA) is 98.7 Å². The Kier molecular flexibility index (Phi) is 6.46. The average Bonchev–Trinajstić information content (AvgIpc) is 2.36. The van der Waals surface area contributed by atoms with Gasteiger partial charge in [0.1, 0.15) is 6.54 Å². The molecule has 0 saturated heterocycles. The Morgan fingerprint density at radius 2 is 1.76 bits per heavy atom. The first-order valence-corrected chi connectivity index (χ1v) is 6.07. The van der Waals surface area contributed by atoms with Gasteiger partial charge in [0.05, 0.1) is 0 Å². The normalized spacial score (nSPS) is 14.0. The van der Waals surface area contributed by atoms with Crippen molar-refractivity contribution in [2.75, 3.05) is 20.1 Å². The number of aliphatic carboxylic acids is 1. The number of hydrogen-bond donors (Lipinski definition) is 3. The van der Waals surface area contributed by atoms with Crippen molar-refractivity contribution in [2.45, 2.75) is 32.0 Å². The molecule has 0 radical (unpaired) electrons. The molecular weight excluding hydrogens is 295 g/mol. The lowest BCUT2D eigenvalue weighted by Crippen LogP contribution is -2.64. The molecule has 0 aromatic carbocycles. The van der Waals surface area contributed by atoms with Crippen molar-refractivity contribution in [3.05, 3.63) is 0 Å². The van der Waals surface area contributed by atoms with Crippen LogP contribution in [0.15, 0.2) is 0 Å². The fourth-order valence-corrected chi connectivity index (χ4v) is 1.31. The quantitative estimate of drug-likeness (QED) is 0.667. The van der Waals surface area contributed by atoms with E-state index in [4.69, 9.17) is 5.11 Å². The molecule has 7 nitrogen and oxygen atoms in total. The summed E-state index contributed by atoms with van der Waals surface area (Å²) in [5.74, 6) is -2.82. The highest BCUT2D eigenvalue weighted by Crippen LogP contribution is 2.30. The Morgan fingerprint density at radius 3 is 2.10 bits per heavy atom. The van der Waals surface area contributed by atoms with Gasteiger partial charge in [-0.3, -0.25) is 4.79 Å². The van der Waals surface area contributed by atoms with Crippen molar-refractivity contribution in [1.82, 2.24) is 15.5 Å². The minimum absolute atomic E-state index is 0.00676. The smallest absolute Gasteiger partial charge is 0.422 e. The second-order valence-electron chi connectivity index (χ2n) is 4.45. The van der Waals surface area contributed by atoms with Gasteiger partial charge in [-0.15, -0.1) is 0 Å². The van der Waals surface area contributed by atoms with Crippen LogP contribution >= 0.6 is 0 Å². The van der Waals surface area contributed by atoms with Crippen molar-refractivity contribution < 1.29 is 32.7 Å². The minimum atomic E-state index is -5.18. The lowest BCUT2D eigenvalue weighted by atomic mass is 10.0. The van der Waals surface area contributed by atoms with Gasteiger partial charge >= 0.3 is 18.2 Å². The zero-order valence-corrected chi connectivity index (χ0v) is 11.9. The summed E-state index contributed by atoms with van der Waals surface area (Å²) in [5.41, 5.74) is -3.43. The fourth-order valence-electron chi connectivity index (χ4n) is 1.31. The molecular formula is C11H18F3N3O4. The molecule has 3 N–H and O–H groups in total. The number of likely N-dealkylation sites (N-methyl/N-ethyl adjacent to an activating group) is 1. The third-order valence-corrected chi connectivity index (χ3v) is 2.75. The van der Waals surface area contributed by atoms with E-state index in [2.05, 4.69) is 5.32 Å². The number of rotatable bonds is 6. The van der Waals surface area contributed by atoms with Gasteiger partial charge in [-0.1, -0.05) is 6.92 Å². The van der Waals surface area contributed by atoms with Crippen LogP contribution in [0.2, 0.25) is 0 Å². The first-order valence-electron chi connectivity index (χ1n) is 6.07. The molecule has 0 aromatic heterocycles. The molecule has 1 atom stereocenters. The van der Waals surface area contributed by atoms with Gasteiger partial charge in [0.25, 0.3) is 0 Å². The zero-order chi connectivity index (χ0) is 16.8. The number of alkyl halides is 3. The summed E-state index contributed by atoms with van der Waals surface area (Å²) >= 11 is 0. The van der Waals surface area contributed by atoms with E-state index in [9.17, 15) is 27.6 Å².